The van der Waals surface area contributed by atoms with Crippen LogP contribution >= 0.6 is 11.8 Å². The molecule has 3 heterocycles. The van der Waals surface area contributed by atoms with E-state index in [1.54, 1.807) is 22.7 Å². The van der Waals surface area contributed by atoms with Crippen LogP contribution < -0.4 is 10.3 Å². The van der Waals surface area contributed by atoms with Gasteiger partial charge in [0.05, 0.1) is 36.1 Å². The molecule has 182 valence electrons. The predicted molar refractivity (Wildman–Crippen MR) is 140 cm³/mol. The highest BCUT2D eigenvalue weighted by Gasteiger charge is 2.19. The lowest BCUT2D eigenvalue weighted by molar-refractivity contribution is -0.0394. The lowest BCUT2D eigenvalue weighted by atomic mass is 10.1. The van der Waals surface area contributed by atoms with Crippen LogP contribution in [0.1, 0.15) is 44.0 Å². The average molecular weight is 491 g/mol. The molecule has 0 amide bonds. The minimum absolute atomic E-state index is 0.0170. The van der Waals surface area contributed by atoms with Gasteiger partial charge >= 0.3 is 0 Å². The second-order valence-corrected chi connectivity index (χ2v) is 9.61. The fraction of sp³-hybridized carbons (Fsp3) is 0.370. The first-order valence-electron chi connectivity index (χ1n) is 12.1. The van der Waals surface area contributed by atoms with Crippen LogP contribution in [0.4, 0.5) is 0 Å². The van der Waals surface area contributed by atoms with Crippen LogP contribution in [0.5, 0.6) is 5.75 Å². The molecule has 2 aromatic heterocycles. The number of fused-ring (bicyclic) bond motifs is 1. The van der Waals surface area contributed by atoms with Gasteiger partial charge in [0.2, 0.25) is 0 Å². The van der Waals surface area contributed by atoms with Crippen molar-refractivity contribution in [3.63, 3.8) is 0 Å². The summed E-state index contributed by atoms with van der Waals surface area (Å²) in [5.41, 5.74) is 3.56. The number of benzene rings is 2. The first kappa shape index (κ1) is 23.6. The van der Waals surface area contributed by atoms with Crippen LogP contribution in [0.2, 0.25) is 0 Å². The molecule has 1 aliphatic heterocycles. The van der Waals surface area contributed by atoms with E-state index in [-0.39, 0.29) is 17.8 Å². The number of hydrogen-bond acceptors (Lipinski definition) is 6. The van der Waals surface area contributed by atoms with Gasteiger partial charge < -0.3 is 9.47 Å². The summed E-state index contributed by atoms with van der Waals surface area (Å²) in [6.45, 7) is 3.33. The summed E-state index contributed by atoms with van der Waals surface area (Å²) in [5.74, 6) is 1.55. The summed E-state index contributed by atoms with van der Waals surface area (Å²) in [4.78, 5) is 18.3. The molecule has 1 fully saturated rings. The molecule has 5 rings (SSSR count). The Bertz CT molecular complexity index is 1360. The van der Waals surface area contributed by atoms with Crippen LogP contribution in [0, 0.1) is 0 Å². The monoisotopic (exact) mass is 490 g/mol. The molecule has 7 nitrogen and oxygen atoms in total. The first-order chi connectivity index (χ1) is 17.2. The molecule has 4 aromatic rings. The summed E-state index contributed by atoms with van der Waals surface area (Å²) in [7, 11) is 0. The van der Waals surface area contributed by atoms with Crippen molar-refractivity contribution < 1.29 is 9.47 Å². The fourth-order valence-electron chi connectivity index (χ4n) is 4.59. The van der Waals surface area contributed by atoms with Gasteiger partial charge in [-0.15, -0.1) is 0 Å². The minimum atomic E-state index is -0.148. The van der Waals surface area contributed by atoms with Gasteiger partial charge in [0.15, 0.2) is 0 Å². The predicted octanol–water partition coefficient (Wildman–Crippen LogP) is 5.31. The molecular weight excluding hydrogens is 460 g/mol. The standard InChI is InChI=1S/C27H30N4O3S/c1-3-33-22-8-6-7-20(13-22)25(17-35-2)30-18-28-24-11-10-19(14-23(24)27(30)32)21-15-29-31(16-21)26-9-4-5-12-34-26/h6-8,10-11,13-16,18,25-26H,3-5,9,12,17H2,1-2H3. The fourth-order valence-corrected chi connectivity index (χ4v) is 5.26. The van der Waals surface area contributed by atoms with Crippen molar-refractivity contribution in [2.75, 3.05) is 25.2 Å². The third kappa shape index (κ3) is 4.99. The van der Waals surface area contributed by atoms with Crippen LogP contribution in [0.3, 0.4) is 0 Å². The Kier molecular flexibility index (Phi) is 7.20. The second-order valence-electron chi connectivity index (χ2n) is 8.70. The van der Waals surface area contributed by atoms with Crippen LogP contribution in [0.25, 0.3) is 22.0 Å². The van der Waals surface area contributed by atoms with E-state index in [1.807, 2.05) is 72.7 Å². The summed E-state index contributed by atoms with van der Waals surface area (Å²) < 4.78 is 15.2. The first-order valence-corrected chi connectivity index (χ1v) is 13.5. The van der Waals surface area contributed by atoms with Gasteiger partial charge in [-0.25, -0.2) is 9.67 Å². The van der Waals surface area contributed by atoms with Crippen molar-refractivity contribution in [2.45, 2.75) is 38.5 Å². The molecule has 2 atom stereocenters. The summed E-state index contributed by atoms with van der Waals surface area (Å²) in [6, 6.07) is 13.6. The number of hydrogen-bond donors (Lipinski definition) is 0. The van der Waals surface area contributed by atoms with Gasteiger partial charge in [0.1, 0.15) is 12.0 Å². The molecule has 0 spiro atoms. The molecule has 0 N–H and O–H groups in total. The smallest absolute Gasteiger partial charge is 0.261 e. The molecule has 0 aliphatic carbocycles. The largest absolute Gasteiger partial charge is 0.494 e. The normalized spacial score (nSPS) is 16.9. The quantitative estimate of drug-likeness (QED) is 0.333. The van der Waals surface area contributed by atoms with E-state index in [9.17, 15) is 4.79 Å². The maximum atomic E-state index is 13.7. The summed E-state index contributed by atoms with van der Waals surface area (Å²) in [5, 5.41) is 5.13. The lowest BCUT2D eigenvalue weighted by Crippen LogP contribution is -2.27. The lowest BCUT2D eigenvalue weighted by Gasteiger charge is -2.22. The highest BCUT2D eigenvalue weighted by atomic mass is 32.2. The van der Waals surface area contributed by atoms with Crippen molar-refractivity contribution >= 4 is 22.7 Å². The molecule has 1 aliphatic rings. The van der Waals surface area contributed by atoms with E-state index in [1.165, 1.54) is 0 Å². The number of thioether (sulfide) groups is 1. The molecule has 2 aromatic carbocycles. The number of aromatic nitrogens is 4. The molecule has 35 heavy (non-hydrogen) atoms. The van der Waals surface area contributed by atoms with Gasteiger partial charge in [-0.05, 0) is 67.8 Å². The highest BCUT2D eigenvalue weighted by Crippen LogP contribution is 2.28. The van der Waals surface area contributed by atoms with Crippen molar-refractivity contribution in [1.29, 1.82) is 0 Å². The second kappa shape index (κ2) is 10.7. The number of rotatable bonds is 8. The minimum Gasteiger partial charge on any atom is -0.494 e. The molecule has 0 radical (unpaired) electrons. The van der Waals surface area contributed by atoms with E-state index < -0.39 is 0 Å². The molecule has 0 bridgehead atoms. The Balaban J connectivity index is 1.52. The molecule has 8 heteroatoms. The van der Waals surface area contributed by atoms with Crippen LogP contribution in [-0.2, 0) is 4.74 Å². The number of ether oxygens (including phenoxy) is 2. The molecule has 1 saturated heterocycles. The van der Waals surface area contributed by atoms with Gasteiger partial charge in [0, 0.05) is 24.1 Å². The Labute approximate surface area is 209 Å². The maximum Gasteiger partial charge on any atom is 0.261 e. The van der Waals surface area contributed by atoms with Crippen molar-refractivity contribution in [3.05, 3.63) is 77.1 Å². The zero-order valence-corrected chi connectivity index (χ0v) is 20.9. The zero-order chi connectivity index (χ0) is 24.2. The van der Waals surface area contributed by atoms with E-state index in [0.717, 1.165) is 54.1 Å². The molecule has 0 saturated carbocycles. The average Bonchev–Trinajstić information content (AvgIpc) is 3.39. The SMILES string of the molecule is CCOc1cccc(C(CSC)n2cnc3ccc(-c4cnn(C5CCCCO5)c4)cc3c2=O)c1. The third-order valence-corrected chi connectivity index (χ3v) is 7.03. The van der Waals surface area contributed by atoms with Crippen molar-refractivity contribution in [3.8, 4) is 16.9 Å². The van der Waals surface area contributed by atoms with E-state index in [2.05, 4.69) is 10.1 Å². The topological polar surface area (TPSA) is 71.2 Å². The van der Waals surface area contributed by atoms with Crippen LogP contribution in [0.15, 0.2) is 66.0 Å². The third-order valence-electron chi connectivity index (χ3n) is 6.38. The van der Waals surface area contributed by atoms with Crippen LogP contribution in [-0.4, -0.2) is 44.6 Å². The number of nitrogens with zero attached hydrogens (tertiary/aromatic N) is 4. The van der Waals surface area contributed by atoms with Gasteiger partial charge in [-0.2, -0.15) is 16.9 Å². The Morgan fingerprint density at radius 3 is 2.91 bits per heavy atom. The Hall–Kier alpha value is -3.10. The van der Waals surface area contributed by atoms with E-state index in [0.29, 0.717) is 17.5 Å². The zero-order valence-electron chi connectivity index (χ0n) is 20.1. The van der Waals surface area contributed by atoms with Crippen molar-refractivity contribution in [2.24, 2.45) is 0 Å². The Morgan fingerprint density at radius 2 is 2.11 bits per heavy atom. The van der Waals surface area contributed by atoms with Gasteiger partial charge in [0.25, 0.3) is 5.56 Å². The van der Waals surface area contributed by atoms with E-state index in [4.69, 9.17) is 9.47 Å². The van der Waals surface area contributed by atoms with Gasteiger partial charge in [-0.3, -0.25) is 9.36 Å². The summed E-state index contributed by atoms with van der Waals surface area (Å²) in [6.07, 6.45) is 10.7. The molecule has 2 unspecified atom stereocenters. The van der Waals surface area contributed by atoms with E-state index >= 15 is 0 Å². The Morgan fingerprint density at radius 1 is 1.20 bits per heavy atom. The molecular formula is C27H30N4O3S. The summed E-state index contributed by atoms with van der Waals surface area (Å²) >= 11 is 1.70. The van der Waals surface area contributed by atoms with Crippen molar-refractivity contribution in [1.82, 2.24) is 19.3 Å². The van der Waals surface area contributed by atoms with Gasteiger partial charge in [-0.1, -0.05) is 18.2 Å². The highest BCUT2D eigenvalue weighted by molar-refractivity contribution is 7.98. The maximum absolute atomic E-state index is 13.7.